The molecular weight excluding hydrogens is 475 g/mol. The van der Waals surface area contributed by atoms with Crippen molar-refractivity contribution in [1.29, 1.82) is 0 Å². The lowest BCUT2D eigenvalue weighted by atomic mass is 9.96. The van der Waals surface area contributed by atoms with Gasteiger partial charge in [-0.2, -0.15) is 5.10 Å². The number of amides is 2. The Morgan fingerprint density at radius 1 is 1.14 bits per heavy atom. The molecule has 0 spiro atoms. The van der Waals surface area contributed by atoms with Gasteiger partial charge >= 0.3 is 0 Å². The lowest BCUT2D eigenvalue weighted by Gasteiger charge is -2.42. The van der Waals surface area contributed by atoms with E-state index in [0.29, 0.717) is 31.1 Å². The predicted molar refractivity (Wildman–Crippen MR) is 137 cm³/mol. The monoisotopic (exact) mass is 508 g/mol. The summed E-state index contributed by atoms with van der Waals surface area (Å²) in [6.45, 7) is 3.98. The molecule has 1 fully saturated rings. The van der Waals surface area contributed by atoms with Gasteiger partial charge in [0.15, 0.2) is 0 Å². The first-order chi connectivity index (χ1) is 17.9. The van der Waals surface area contributed by atoms with Gasteiger partial charge in [0.05, 0.1) is 19.6 Å². The van der Waals surface area contributed by atoms with Gasteiger partial charge < -0.3 is 19.3 Å². The van der Waals surface area contributed by atoms with Gasteiger partial charge in [-0.15, -0.1) is 0 Å². The number of carbonyl (C=O) groups excluding carboxylic acids is 2. The van der Waals surface area contributed by atoms with Crippen LogP contribution in [-0.4, -0.2) is 70.3 Å². The summed E-state index contributed by atoms with van der Waals surface area (Å²) >= 11 is 0. The Bertz CT molecular complexity index is 1180. The van der Waals surface area contributed by atoms with Crippen LogP contribution in [0, 0.1) is 5.82 Å². The first kappa shape index (κ1) is 26.3. The van der Waals surface area contributed by atoms with E-state index in [4.69, 9.17) is 9.47 Å². The van der Waals surface area contributed by atoms with Crippen molar-refractivity contribution in [2.45, 2.75) is 38.5 Å². The molecule has 1 aliphatic rings. The van der Waals surface area contributed by atoms with Gasteiger partial charge in [0.2, 0.25) is 5.91 Å². The van der Waals surface area contributed by atoms with Gasteiger partial charge in [-0.25, -0.2) is 4.39 Å². The molecule has 8 nitrogen and oxygen atoms in total. The van der Waals surface area contributed by atoms with Crippen molar-refractivity contribution in [2.24, 2.45) is 0 Å². The summed E-state index contributed by atoms with van der Waals surface area (Å²) in [5.74, 6) is -0.199. The van der Waals surface area contributed by atoms with E-state index in [-0.39, 0.29) is 43.8 Å². The third kappa shape index (κ3) is 6.74. The van der Waals surface area contributed by atoms with Crippen LogP contribution in [0.3, 0.4) is 0 Å². The van der Waals surface area contributed by atoms with Crippen LogP contribution in [0.5, 0.6) is 5.75 Å². The van der Waals surface area contributed by atoms with Crippen LogP contribution in [0.15, 0.2) is 66.9 Å². The van der Waals surface area contributed by atoms with E-state index < -0.39 is 5.60 Å². The first-order valence-electron chi connectivity index (χ1n) is 12.5. The minimum absolute atomic E-state index is 0.0233. The number of aromatic nitrogens is 2. The lowest BCUT2D eigenvalue weighted by Crippen LogP contribution is -2.58. The number of nitrogens with zero attached hydrogens (tertiary/aromatic N) is 4. The Morgan fingerprint density at radius 2 is 1.89 bits per heavy atom. The molecule has 37 heavy (non-hydrogen) atoms. The molecule has 1 unspecified atom stereocenters. The van der Waals surface area contributed by atoms with Crippen LogP contribution in [0.4, 0.5) is 4.39 Å². The van der Waals surface area contributed by atoms with Gasteiger partial charge in [-0.1, -0.05) is 37.3 Å². The minimum Gasteiger partial charge on any atom is -0.490 e. The zero-order valence-corrected chi connectivity index (χ0v) is 21.3. The average molecular weight is 509 g/mol. The number of aryl methyl sites for hydroxylation is 1. The van der Waals surface area contributed by atoms with Gasteiger partial charge in [-0.05, 0) is 42.3 Å². The summed E-state index contributed by atoms with van der Waals surface area (Å²) in [5.41, 5.74) is 0.449. The molecule has 0 aliphatic carbocycles. The van der Waals surface area contributed by atoms with E-state index in [1.165, 1.54) is 24.3 Å². The maximum atomic E-state index is 13.4. The van der Waals surface area contributed by atoms with Crippen molar-refractivity contribution < 1.29 is 23.5 Å². The van der Waals surface area contributed by atoms with E-state index in [9.17, 15) is 14.0 Å². The van der Waals surface area contributed by atoms with Crippen molar-refractivity contribution in [3.05, 3.63) is 83.9 Å². The number of morpholine rings is 1. The summed E-state index contributed by atoms with van der Waals surface area (Å²) < 4.78 is 27.2. The SMILES string of the molecule is CCCn1nccc1C(=O)N1CCOC(COc2ccc(F)cc2)(CC(=O)N(C)Cc2ccccc2)C1. The maximum Gasteiger partial charge on any atom is 0.272 e. The molecule has 2 amide bonds. The Labute approximate surface area is 216 Å². The Balaban J connectivity index is 1.53. The number of ether oxygens (including phenoxy) is 2. The van der Waals surface area contributed by atoms with Crippen molar-refractivity contribution >= 4 is 11.8 Å². The predicted octanol–water partition coefficient (Wildman–Crippen LogP) is 3.77. The highest BCUT2D eigenvalue weighted by atomic mass is 19.1. The van der Waals surface area contributed by atoms with Crippen molar-refractivity contribution in [1.82, 2.24) is 19.6 Å². The number of hydrogen-bond acceptors (Lipinski definition) is 5. The molecule has 0 saturated carbocycles. The van der Waals surface area contributed by atoms with E-state index >= 15 is 0 Å². The molecule has 0 N–H and O–H groups in total. The molecule has 2 heterocycles. The molecular formula is C28H33FN4O4. The summed E-state index contributed by atoms with van der Waals surface area (Å²) in [6, 6.07) is 17.1. The maximum absolute atomic E-state index is 13.4. The second-order valence-corrected chi connectivity index (χ2v) is 9.35. The molecule has 1 saturated heterocycles. The molecule has 4 rings (SSSR count). The summed E-state index contributed by atoms with van der Waals surface area (Å²) in [4.78, 5) is 30.1. The van der Waals surface area contributed by atoms with E-state index in [1.54, 1.807) is 33.8 Å². The minimum atomic E-state index is -1.07. The molecule has 1 aromatic heterocycles. The number of carbonyl (C=O) groups is 2. The standard InChI is InChI=1S/C28H33FN4O4/c1-3-15-33-25(13-14-30-33)27(35)32-16-17-37-28(20-32,21-36-24-11-9-23(29)10-12-24)18-26(34)31(2)19-22-7-5-4-6-8-22/h4-14H,3,15-21H2,1-2H3. The second kappa shape index (κ2) is 12.0. The smallest absolute Gasteiger partial charge is 0.272 e. The van der Waals surface area contributed by atoms with Crippen LogP contribution < -0.4 is 4.74 Å². The largest absolute Gasteiger partial charge is 0.490 e. The van der Waals surface area contributed by atoms with Gasteiger partial charge in [0, 0.05) is 32.9 Å². The topological polar surface area (TPSA) is 76.9 Å². The lowest BCUT2D eigenvalue weighted by molar-refractivity contribution is -0.152. The zero-order valence-electron chi connectivity index (χ0n) is 21.3. The highest BCUT2D eigenvalue weighted by molar-refractivity contribution is 5.92. The zero-order chi connectivity index (χ0) is 26.3. The molecule has 1 atom stereocenters. The molecule has 196 valence electrons. The molecule has 0 radical (unpaired) electrons. The summed E-state index contributed by atoms with van der Waals surface area (Å²) in [5, 5.41) is 4.27. The Hall–Kier alpha value is -3.72. The average Bonchev–Trinajstić information content (AvgIpc) is 3.37. The Morgan fingerprint density at radius 3 is 2.62 bits per heavy atom. The van der Waals surface area contributed by atoms with Crippen LogP contribution in [0.2, 0.25) is 0 Å². The number of benzene rings is 2. The Kier molecular flexibility index (Phi) is 8.55. The molecule has 0 bridgehead atoms. The van der Waals surface area contributed by atoms with Gasteiger partial charge in [0.1, 0.15) is 29.5 Å². The van der Waals surface area contributed by atoms with Crippen LogP contribution in [-0.2, 0) is 22.6 Å². The van der Waals surface area contributed by atoms with Crippen molar-refractivity contribution in [2.75, 3.05) is 33.4 Å². The fourth-order valence-corrected chi connectivity index (χ4v) is 4.43. The van der Waals surface area contributed by atoms with E-state index in [1.807, 2.05) is 37.3 Å². The van der Waals surface area contributed by atoms with Crippen LogP contribution >= 0.6 is 0 Å². The number of rotatable bonds is 10. The van der Waals surface area contributed by atoms with E-state index in [2.05, 4.69) is 5.10 Å². The molecule has 9 heteroatoms. The van der Waals surface area contributed by atoms with E-state index in [0.717, 1.165) is 12.0 Å². The van der Waals surface area contributed by atoms with Crippen molar-refractivity contribution in [3.8, 4) is 5.75 Å². The summed E-state index contributed by atoms with van der Waals surface area (Å²) in [6.07, 6.45) is 2.49. The number of hydrogen-bond donors (Lipinski definition) is 0. The first-order valence-corrected chi connectivity index (χ1v) is 12.5. The highest BCUT2D eigenvalue weighted by Gasteiger charge is 2.42. The fourth-order valence-electron chi connectivity index (χ4n) is 4.43. The molecule has 1 aliphatic heterocycles. The third-order valence-electron chi connectivity index (χ3n) is 6.38. The van der Waals surface area contributed by atoms with Crippen LogP contribution in [0.25, 0.3) is 0 Å². The van der Waals surface area contributed by atoms with Gasteiger partial charge in [-0.3, -0.25) is 14.3 Å². The normalized spacial score (nSPS) is 17.4. The third-order valence-corrected chi connectivity index (χ3v) is 6.38. The molecule has 3 aromatic rings. The molecule has 2 aromatic carbocycles. The van der Waals surface area contributed by atoms with Gasteiger partial charge in [0.25, 0.3) is 5.91 Å². The van der Waals surface area contributed by atoms with Crippen LogP contribution in [0.1, 0.15) is 35.8 Å². The second-order valence-electron chi connectivity index (χ2n) is 9.35. The number of halogens is 1. The van der Waals surface area contributed by atoms with Crippen molar-refractivity contribution in [3.63, 3.8) is 0 Å². The highest BCUT2D eigenvalue weighted by Crippen LogP contribution is 2.27. The summed E-state index contributed by atoms with van der Waals surface area (Å²) in [7, 11) is 1.75. The fraction of sp³-hybridized carbons (Fsp3) is 0.393. The quantitative estimate of drug-likeness (QED) is 0.417.